The lowest BCUT2D eigenvalue weighted by atomic mass is 10.2. The minimum atomic E-state index is 0.0879. The molecule has 0 saturated heterocycles. The zero-order valence-electron chi connectivity index (χ0n) is 11.7. The van der Waals surface area contributed by atoms with Gasteiger partial charge < -0.3 is 27.1 Å². The lowest BCUT2D eigenvalue weighted by molar-refractivity contribution is -0.495. The van der Waals surface area contributed by atoms with Crippen LogP contribution in [0.15, 0.2) is 24.3 Å². The van der Waals surface area contributed by atoms with Crippen molar-refractivity contribution in [1.82, 2.24) is 9.97 Å². The van der Waals surface area contributed by atoms with E-state index in [0.29, 0.717) is 40.1 Å². The Morgan fingerprint density at radius 1 is 1.23 bits per heavy atom. The fourth-order valence-corrected chi connectivity index (χ4v) is 1.99. The topological polar surface area (TPSA) is 139 Å². The van der Waals surface area contributed by atoms with E-state index >= 15 is 0 Å². The molecule has 1 fully saturated rings. The van der Waals surface area contributed by atoms with E-state index in [4.69, 9.17) is 11.0 Å². The predicted octanol–water partition coefficient (Wildman–Crippen LogP) is 0.941. The zero-order valence-corrected chi connectivity index (χ0v) is 11.7. The van der Waals surface area contributed by atoms with Gasteiger partial charge >= 0.3 is 0 Å². The van der Waals surface area contributed by atoms with E-state index in [1.54, 1.807) is 24.3 Å². The van der Waals surface area contributed by atoms with Crippen molar-refractivity contribution in [1.29, 1.82) is 5.26 Å². The molecule has 0 atom stereocenters. The van der Waals surface area contributed by atoms with Crippen LogP contribution in [-0.2, 0) is 0 Å². The standard InChI is InChI=1S/C14H15N7O/c15-7-8-1-3-9(4-2-8)17-12-11(21-22)13(18-10-5-6-10)20-14(16)19-12/h1-4,10H,5-6,21H2,(H4,16,17,18,19,20). The molecule has 6 N–H and O–H groups in total. The molecule has 1 aromatic carbocycles. The van der Waals surface area contributed by atoms with Gasteiger partial charge in [0.15, 0.2) is 11.6 Å². The van der Waals surface area contributed by atoms with Crippen molar-refractivity contribution >= 4 is 29.0 Å². The first kappa shape index (κ1) is 14.1. The third kappa shape index (κ3) is 3.06. The van der Waals surface area contributed by atoms with Crippen molar-refractivity contribution < 1.29 is 5.48 Å². The lowest BCUT2D eigenvalue weighted by Gasteiger charge is -2.15. The fraction of sp³-hybridized carbons (Fsp3) is 0.214. The first-order chi connectivity index (χ1) is 10.7. The number of nitrogen functional groups attached to an aromatic ring is 1. The van der Waals surface area contributed by atoms with Crippen LogP contribution in [-0.4, -0.2) is 16.0 Å². The van der Waals surface area contributed by atoms with E-state index in [1.807, 2.05) is 6.07 Å². The summed E-state index contributed by atoms with van der Waals surface area (Å²) in [7, 11) is 0. The molecule has 0 amide bonds. The van der Waals surface area contributed by atoms with E-state index in [2.05, 4.69) is 20.6 Å². The van der Waals surface area contributed by atoms with Gasteiger partial charge in [0, 0.05) is 11.7 Å². The number of aromatic nitrogens is 2. The van der Waals surface area contributed by atoms with Crippen LogP contribution < -0.4 is 21.8 Å². The molecule has 1 heterocycles. The molecule has 112 valence electrons. The van der Waals surface area contributed by atoms with Crippen LogP contribution in [0.3, 0.4) is 0 Å². The average Bonchev–Trinajstić information content (AvgIpc) is 3.32. The van der Waals surface area contributed by atoms with Gasteiger partial charge in [0.1, 0.15) is 0 Å². The number of rotatable bonds is 5. The molecule has 0 unspecified atom stereocenters. The van der Waals surface area contributed by atoms with Gasteiger partial charge in [-0.3, -0.25) is 0 Å². The molecule has 3 rings (SSSR count). The number of hydrogen-bond donors (Lipinski definition) is 4. The quantitative estimate of drug-likeness (QED) is 0.602. The number of nitrogens with one attached hydrogen (secondary N) is 2. The highest BCUT2D eigenvalue weighted by atomic mass is 16.5. The number of benzene rings is 1. The van der Waals surface area contributed by atoms with Gasteiger partial charge in [-0.25, -0.2) is 0 Å². The third-order valence-electron chi connectivity index (χ3n) is 3.28. The Hall–Kier alpha value is -2.89. The minimum Gasteiger partial charge on any atom is -0.630 e. The second-order valence-electron chi connectivity index (χ2n) is 5.04. The molecule has 0 radical (unpaired) electrons. The lowest BCUT2D eigenvalue weighted by Crippen LogP contribution is -2.70. The smallest absolute Gasteiger partial charge is 0.224 e. The summed E-state index contributed by atoms with van der Waals surface area (Å²) < 4.78 is 0. The summed E-state index contributed by atoms with van der Waals surface area (Å²) in [6, 6.07) is 9.22. The van der Waals surface area contributed by atoms with Crippen LogP contribution in [0.4, 0.5) is 29.0 Å². The Kier molecular flexibility index (Phi) is 3.74. The van der Waals surface area contributed by atoms with Gasteiger partial charge in [0.2, 0.25) is 11.6 Å². The Morgan fingerprint density at radius 3 is 2.50 bits per heavy atom. The second kappa shape index (κ2) is 5.85. The number of nitriles is 1. The van der Waals surface area contributed by atoms with E-state index < -0.39 is 0 Å². The van der Waals surface area contributed by atoms with Crippen LogP contribution >= 0.6 is 0 Å². The normalized spacial score (nSPS) is 13.5. The van der Waals surface area contributed by atoms with Gasteiger partial charge in [-0.15, -0.1) is 0 Å². The number of hydrogen-bond acceptors (Lipinski definition) is 7. The molecular weight excluding hydrogens is 282 g/mol. The molecule has 1 aliphatic carbocycles. The highest BCUT2D eigenvalue weighted by molar-refractivity contribution is 5.75. The Bertz CT molecular complexity index is 719. The van der Waals surface area contributed by atoms with E-state index in [-0.39, 0.29) is 5.95 Å². The summed E-state index contributed by atoms with van der Waals surface area (Å²) in [5, 5.41) is 26.4. The monoisotopic (exact) mass is 297 g/mol. The molecule has 8 heteroatoms. The van der Waals surface area contributed by atoms with Gasteiger partial charge in [0.25, 0.3) is 0 Å². The Balaban J connectivity index is 1.90. The average molecular weight is 297 g/mol. The fourth-order valence-electron chi connectivity index (χ4n) is 1.99. The molecule has 1 aromatic heterocycles. The van der Waals surface area contributed by atoms with Crippen LogP contribution in [0.1, 0.15) is 18.4 Å². The van der Waals surface area contributed by atoms with Crippen molar-refractivity contribution in [2.75, 3.05) is 16.4 Å². The maximum absolute atomic E-state index is 11.4. The molecule has 2 aromatic rings. The van der Waals surface area contributed by atoms with E-state index in [9.17, 15) is 5.21 Å². The minimum absolute atomic E-state index is 0.0879. The van der Waals surface area contributed by atoms with Crippen molar-refractivity contribution in [2.45, 2.75) is 18.9 Å². The Morgan fingerprint density at radius 2 is 1.91 bits per heavy atom. The molecule has 1 saturated carbocycles. The van der Waals surface area contributed by atoms with Crippen LogP contribution in [0.5, 0.6) is 0 Å². The van der Waals surface area contributed by atoms with Crippen LogP contribution in [0.2, 0.25) is 0 Å². The Labute approximate surface area is 127 Å². The summed E-state index contributed by atoms with van der Waals surface area (Å²) in [6.07, 6.45) is 2.11. The zero-order chi connectivity index (χ0) is 15.5. The molecule has 22 heavy (non-hydrogen) atoms. The summed E-state index contributed by atoms with van der Waals surface area (Å²) in [5.41, 5.74) is 8.02. The molecule has 8 nitrogen and oxygen atoms in total. The number of anilines is 4. The largest absolute Gasteiger partial charge is 0.630 e. The van der Waals surface area contributed by atoms with Crippen molar-refractivity contribution in [3.05, 3.63) is 35.0 Å². The molecule has 0 spiro atoms. The third-order valence-corrected chi connectivity index (χ3v) is 3.28. The first-order valence-electron chi connectivity index (χ1n) is 6.86. The highest BCUT2D eigenvalue weighted by Crippen LogP contribution is 2.31. The molecule has 0 bridgehead atoms. The summed E-state index contributed by atoms with van der Waals surface area (Å²) >= 11 is 0. The number of quaternary nitrogens is 1. The van der Waals surface area contributed by atoms with Crippen LogP contribution in [0.25, 0.3) is 0 Å². The molecular formula is C14H15N7O. The van der Waals surface area contributed by atoms with Crippen molar-refractivity contribution in [3.63, 3.8) is 0 Å². The van der Waals surface area contributed by atoms with Gasteiger partial charge in [-0.1, -0.05) is 0 Å². The van der Waals surface area contributed by atoms with Crippen LogP contribution in [0, 0.1) is 16.5 Å². The van der Waals surface area contributed by atoms with Crippen molar-refractivity contribution in [2.24, 2.45) is 0 Å². The van der Waals surface area contributed by atoms with Gasteiger partial charge in [0.05, 0.1) is 11.6 Å². The first-order valence-corrected chi connectivity index (χ1v) is 6.86. The van der Waals surface area contributed by atoms with E-state index in [0.717, 1.165) is 12.8 Å². The van der Waals surface area contributed by atoms with Gasteiger partial charge in [-0.05, 0) is 37.1 Å². The SMILES string of the molecule is N#Cc1ccc(Nc2nc(N)nc(NC3CC3)c2[NH2+][O-])cc1. The summed E-state index contributed by atoms with van der Waals surface area (Å²) in [5.74, 6) is 0.876. The summed E-state index contributed by atoms with van der Waals surface area (Å²) in [4.78, 5) is 8.18. The van der Waals surface area contributed by atoms with Gasteiger partial charge in [-0.2, -0.15) is 15.2 Å². The maximum Gasteiger partial charge on any atom is 0.224 e. The maximum atomic E-state index is 11.4. The van der Waals surface area contributed by atoms with E-state index in [1.165, 1.54) is 0 Å². The molecule has 1 aliphatic rings. The molecule has 0 aliphatic heterocycles. The predicted molar refractivity (Wildman–Crippen MR) is 82.5 cm³/mol. The highest BCUT2D eigenvalue weighted by Gasteiger charge is 2.25. The number of nitrogens with zero attached hydrogens (tertiary/aromatic N) is 3. The second-order valence-corrected chi connectivity index (χ2v) is 5.04. The van der Waals surface area contributed by atoms with Crippen molar-refractivity contribution in [3.8, 4) is 6.07 Å². The number of nitrogens with two attached hydrogens (primary N) is 2. The summed E-state index contributed by atoms with van der Waals surface area (Å²) in [6.45, 7) is 0.